The molecule has 0 bridgehead atoms. The Morgan fingerprint density at radius 3 is 2.44 bits per heavy atom. The lowest BCUT2D eigenvalue weighted by molar-refractivity contribution is 0.146. The van der Waals surface area contributed by atoms with Crippen LogP contribution in [0.25, 0.3) is 0 Å². The zero-order valence-electron chi connectivity index (χ0n) is 16.5. The monoisotopic (exact) mass is 503 g/mol. The Morgan fingerprint density at radius 2 is 1.85 bits per heavy atom. The van der Waals surface area contributed by atoms with E-state index < -0.39 is 0 Å². The van der Waals surface area contributed by atoms with Gasteiger partial charge in [0.2, 0.25) is 0 Å². The molecule has 0 aliphatic heterocycles. The number of guanidine groups is 1. The third-order valence-corrected chi connectivity index (χ3v) is 5.28. The molecule has 0 aliphatic rings. The molecule has 2 rings (SSSR count). The van der Waals surface area contributed by atoms with Crippen molar-refractivity contribution in [2.45, 2.75) is 25.8 Å². The van der Waals surface area contributed by atoms with Crippen LogP contribution in [0.5, 0.6) is 5.75 Å². The molecule has 0 aliphatic carbocycles. The van der Waals surface area contributed by atoms with Crippen molar-refractivity contribution >= 4 is 41.3 Å². The van der Waals surface area contributed by atoms with Crippen LogP contribution >= 0.6 is 35.3 Å². The fourth-order valence-corrected chi connectivity index (χ4v) is 3.26. The number of hydrogen-bond acceptors (Lipinski definition) is 4. The predicted octanol–water partition coefficient (Wildman–Crippen LogP) is 4.03. The van der Waals surface area contributed by atoms with Crippen LogP contribution in [0.4, 0.5) is 0 Å². The summed E-state index contributed by atoms with van der Waals surface area (Å²) in [4.78, 5) is 5.68. The molecule has 7 heteroatoms. The van der Waals surface area contributed by atoms with Gasteiger partial charge in [-0.05, 0) is 29.1 Å². The molecule has 150 valence electrons. The highest BCUT2D eigenvalue weighted by molar-refractivity contribution is 14.0. The van der Waals surface area contributed by atoms with E-state index in [2.05, 4.69) is 59.1 Å². The quantitative estimate of drug-likeness (QED) is 0.235. The highest BCUT2D eigenvalue weighted by Gasteiger charge is 2.21. The highest BCUT2D eigenvalue weighted by Crippen LogP contribution is 2.26. The zero-order chi connectivity index (χ0) is 18.8. The van der Waals surface area contributed by atoms with Crippen LogP contribution in [0, 0.1) is 0 Å². The minimum Gasteiger partial charge on any atom is -0.491 e. The van der Waals surface area contributed by atoms with Crippen LogP contribution in [0.1, 0.15) is 24.3 Å². The standard InChI is InChI=1S/C20H29N3O2S.HI/c1-20(2,18-6-5-13-26-18)15-23-19(21-3)22-14-16-7-9-17(10-8-16)25-12-11-24-4;/h5-10,13H,11-12,14-15H2,1-4H3,(H2,21,22,23);1H. The number of methoxy groups -OCH3 is 1. The van der Waals surface area contributed by atoms with Crippen molar-refractivity contribution in [1.82, 2.24) is 10.6 Å². The van der Waals surface area contributed by atoms with Gasteiger partial charge in [-0.3, -0.25) is 4.99 Å². The highest BCUT2D eigenvalue weighted by atomic mass is 127. The number of rotatable bonds is 9. The second-order valence-corrected chi connectivity index (χ2v) is 7.57. The van der Waals surface area contributed by atoms with E-state index in [1.807, 2.05) is 12.1 Å². The fourth-order valence-electron chi connectivity index (χ4n) is 2.41. The van der Waals surface area contributed by atoms with Gasteiger partial charge in [-0.25, -0.2) is 0 Å². The maximum absolute atomic E-state index is 5.58. The molecule has 27 heavy (non-hydrogen) atoms. The number of ether oxygens (including phenoxy) is 2. The summed E-state index contributed by atoms with van der Waals surface area (Å²) in [5.41, 5.74) is 1.23. The Kier molecular flexibility index (Phi) is 10.7. The van der Waals surface area contributed by atoms with Gasteiger partial charge in [0.15, 0.2) is 5.96 Å². The average molecular weight is 503 g/mol. The van der Waals surface area contributed by atoms with Gasteiger partial charge in [0, 0.05) is 37.5 Å². The molecule has 0 atom stereocenters. The minimum atomic E-state index is 0. The van der Waals surface area contributed by atoms with E-state index in [4.69, 9.17) is 9.47 Å². The SMILES string of the molecule is CN=C(NCc1ccc(OCCOC)cc1)NCC(C)(C)c1cccs1.I. The topological polar surface area (TPSA) is 54.9 Å². The first-order chi connectivity index (χ1) is 12.5. The normalized spacial score (nSPS) is 11.6. The molecule has 0 unspecified atom stereocenters. The molecule has 0 fully saturated rings. The van der Waals surface area contributed by atoms with Gasteiger partial charge < -0.3 is 20.1 Å². The van der Waals surface area contributed by atoms with E-state index in [1.54, 1.807) is 25.5 Å². The number of benzene rings is 1. The Bertz CT molecular complexity index is 673. The van der Waals surface area contributed by atoms with Crippen LogP contribution in [0.3, 0.4) is 0 Å². The molecule has 1 aromatic carbocycles. The molecule has 2 aromatic rings. The van der Waals surface area contributed by atoms with E-state index in [1.165, 1.54) is 10.4 Å². The van der Waals surface area contributed by atoms with Crippen LogP contribution in [0.2, 0.25) is 0 Å². The lowest BCUT2D eigenvalue weighted by Gasteiger charge is -2.25. The maximum Gasteiger partial charge on any atom is 0.191 e. The van der Waals surface area contributed by atoms with Gasteiger partial charge in [-0.1, -0.05) is 32.0 Å². The summed E-state index contributed by atoms with van der Waals surface area (Å²) < 4.78 is 10.6. The first-order valence-electron chi connectivity index (χ1n) is 8.74. The third kappa shape index (κ3) is 8.06. The number of nitrogens with one attached hydrogen (secondary N) is 2. The van der Waals surface area contributed by atoms with Crippen molar-refractivity contribution in [2.75, 3.05) is 33.9 Å². The number of halogens is 1. The summed E-state index contributed by atoms with van der Waals surface area (Å²) in [5.74, 6) is 1.65. The fraction of sp³-hybridized carbons (Fsp3) is 0.450. The summed E-state index contributed by atoms with van der Waals surface area (Å²) in [7, 11) is 3.46. The number of nitrogens with zero attached hydrogens (tertiary/aromatic N) is 1. The van der Waals surface area contributed by atoms with Gasteiger partial charge >= 0.3 is 0 Å². The van der Waals surface area contributed by atoms with Gasteiger partial charge in [0.25, 0.3) is 0 Å². The Balaban J connectivity index is 0.00000364. The van der Waals surface area contributed by atoms with E-state index in [9.17, 15) is 0 Å². The molecular formula is C20H30IN3O2S. The van der Waals surface area contributed by atoms with E-state index >= 15 is 0 Å². The number of thiophene rings is 1. The largest absolute Gasteiger partial charge is 0.491 e. The van der Waals surface area contributed by atoms with E-state index in [0.717, 1.165) is 18.3 Å². The Labute approximate surface area is 183 Å². The van der Waals surface area contributed by atoms with E-state index in [-0.39, 0.29) is 29.4 Å². The molecule has 0 saturated heterocycles. The van der Waals surface area contributed by atoms with Gasteiger partial charge in [-0.2, -0.15) is 0 Å². The van der Waals surface area contributed by atoms with Crippen molar-refractivity contribution in [3.05, 3.63) is 52.2 Å². The lowest BCUT2D eigenvalue weighted by Crippen LogP contribution is -2.42. The Morgan fingerprint density at radius 1 is 1.11 bits per heavy atom. The second kappa shape index (κ2) is 12.2. The van der Waals surface area contributed by atoms with Crippen LogP contribution < -0.4 is 15.4 Å². The van der Waals surface area contributed by atoms with Crippen molar-refractivity contribution in [1.29, 1.82) is 0 Å². The maximum atomic E-state index is 5.58. The molecule has 5 nitrogen and oxygen atoms in total. The first-order valence-corrected chi connectivity index (χ1v) is 9.62. The predicted molar refractivity (Wildman–Crippen MR) is 125 cm³/mol. The summed E-state index contributed by atoms with van der Waals surface area (Å²) in [6.07, 6.45) is 0. The van der Waals surface area contributed by atoms with Crippen molar-refractivity contribution in [3.63, 3.8) is 0 Å². The van der Waals surface area contributed by atoms with Gasteiger partial charge in [0.1, 0.15) is 12.4 Å². The van der Waals surface area contributed by atoms with Crippen LogP contribution in [-0.4, -0.2) is 39.9 Å². The average Bonchev–Trinajstić information content (AvgIpc) is 3.19. The van der Waals surface area contributed by atoms with Crippen molar-refractivity contribution in [3.8, 4) is 5.75 Å². The first kappa shape index (κ1) is 23.7. The molecule has 2 N–H and O–H groups in total. The van der Waals surface area contributed by atoms with Crippen molar-refractivity contribution < 1.29 is 9.47 Å². The number of hydrogen-bond donors (Lipinski definition) is 2. The smallest absolute Gasteiger partial charge is 0.191 e. The minimum absolute atomic E-state index is 0. The molecular weight excluding hydrogens is 473 g/mol. The number of aliphatic imine (C=N–C) groups is 1. The second-order valence-electron chi connectivity index (χ2n) is 6.63. The molecule has 0 radical (unpaired) electrons. The molecule has 0 spiro atoms. The molecule has 0 amide bonds. The Hall–Kier alpha value is -1.32. The summed E-state index contributed by atoms with van der Waals surface area (Å²) in [6, 6.07) is 12.3. The summed E-state index contributed by atoms with van der Waals surface area (Å²) in [5, 5.41) is 8.90. The lowest BCUT2D eigenvalue weighted by atomic mass is 9.91. The van der Waals surface area contributed by atoms with Crippen molar-refractivity contribution in [2.24, 2.45) is 4.99 Å². The van der Waals surface area contributed by atoms with Gasteiger partial charge in [0.05, 0.1) is 6.61 Å². The zero-order valence-corrected chi connectivity index (χ0v) is 19.6. The summed E-state index contributed by atoms with van der Waals surface area (Å²) >= 11 is 1.79. The van der Waals surface area contributed by atoms with E-state index in [0.29, 0.717) is 19.8 Å². The molecule has 1 heterocycles. The summed E-state index contributed by atoms with van der Waals surface area (Å²) in [6.45, 7) is 7.15. The molecule has 0 saturated carbocycles. The van der Waals surface area contributed by atoms with Gasteiger partial charge in [-0.15, -0.1) is 35.3 Å². The third-order valence-electron chi connectivity index (χ3n) is 4.05. The van der Waals surface area contributed by atoms with Crippen LogP contribution in [0.15, 0.2) is 46.8 Å². The molecule has 1 aromatic heterocycles. The van der Waals surface area contributed by atoms with Crippen LogP contribution in [-0.2, 0) is 16.7 Å².